The molecular weight excluding hydrogens is 334 g/mol. The van der Waals surface area contributed by atoms with Crippen molar-refractivity contribution in [3.05, 3.63) is 57.7 Å². The Bertz CT molecular complexity index is 966. The van der Waals surface area contributed by atoms with Crippen LogP contribution in [0, 0.1) is 6.92 Å². The first-order valence-electron chi connectivity index (χ1n) is 6.92. The van der Waals surface area contributed by atoms with E-state index in [2.05, 4.69) is 15.5 Å². The number of halogens is 1. The number of aliphatic carboxylic acids is 1. The average molecular weight is 346 g/mol. The Morgan fingerprint density at radius 3 is 2.71 bits per heavy atom. The molecule has 0 unspecified atom stereocenters. The van der Waals surface area contributed by atoms with Crippen LogP contribution in [0.4, 0.5) is 0 Å². The number of benzene rings is 1. The molecule has 0 fully saturated rings. The van der Waals surface area contributed by atoms with Crippen LogP contribution in [0.3, 0.4) is 0 Å². The summed E-state index contributed by atoms with van der Waals surface area (Å²) in [6, 6.07) is 8.24. The van der Waals surface area contributed by atoms with Crippen molar-refractivity contribution in [1.82, 2.24) is 24.8 Å². The van der Waals surface area contributed by atoms with Gasteiger partial charge in [0, 0.05) is 22.3 Å². The zero-order valence-corrected chi connectivity index (χ0v) is 13.3. The molecule has 2 aromatic heterocycles. The summed E-state index contributed by atoms with van der Waals surface area (Å²) in [5.74, 6) is -1.08. The van der Waals surface area contributed by atoms with Crippen molar-refractivity contribution in [1.29, 1.82) is 0 Å². The number of pyridine rings is 1. The molecule has 0 saturated heterocycles. The Hall–Kier alpha value is -3.00. The van der Waals surface area contributed by atoms with E-state index in [0.717, 1.165) is 0 Å². The molecule has 0 aliphatic rings. The van der Waals surface area contributed by atoms with Crippen molar-refractivity contribution in [2.45, 2.75) is 13.5 Å². The zero-order chi connectivity index (χ0) is 17.3. The highest BCUT2D eigenvalue weighted by atomic mass is 35.5. The molecule has 1 N–H and O–H groups in total. The predicted molar refractivity (Wildman–Crippen MR) is 86.2 cm³/mol. The minimum absolute atomic E-state index is 0.389. The van der Waals surface area contributed by atoms with Crippen LogP contribution in [-0.4, -0.2) is 35.9 Å². The van der Waals surface area contributed by atoms with E-state index in [4.69, 9.17) is 16.7 Å². The third-order valence-electron chi connectivity index (χ3n) is 3.49. The molecule has 0 atom stereocenters. The summed E-state index contributed by atoms with van der Waals surface area (Å²) in [6.45, 7) is 1.29. The minimum atomic E-state index is -1.08. The molecular formula is C15H12ClN5O3. The predicted octanol–water partition coefficient (Wildman–Crippen LogP) is 1.54. The summed E-state index contributed by atoms with van der Waals surface area (Å²) in [6.07, 6.45) is 1.44. The summed E-state index contributed by atoms with van der Waals surface area (Å²) < 4.78 is 2.65. The van der Waals surface area contributed by atoms with Crippen LogP contribution >= 0.6 is 11.6 Å². The Morgan fingerprint density at radius 1 is 1.29 bits per heavy atom. The maximum Gasteiger partial charge on any atom is 0.323 e. The molecule has 3 rings (SSSR count). The van der Waals surface area contributed by atoms with E-state index in [1.54, 1.807) is 31.2 Å². The van der Waals surface area contributed by atoms with Crippen LogP contribution in [0.1, 0.15) is 5.69 Å². The first-order chi connectivity index (χ1) is 11.5. The Labute approximate surface area is 140 Å². The van der Waals surface area contributed by atoms with Crippen molar-refractivity contribution in [3.63, 3.8) is 0 Å². The number of hydrogen-bond donors (Lipinski definition) is 1. The monoisotopic (exact) mass is 345 g/mol. The summed E-state index contributed by atoms with van der Waals surface area (Å²) in [7, 11) is 0. The van der Waals surface area contributed by atoms with E-state index >= 15 is 0 Å². The second kappa shape index (κ2) is 6.25. The van der Waals surface area contributed by atoms with Crippen molar-refractivity contribution >= 4 is 17.6 Å². The van der Waals surface area contributed by atoms with Gasteiger partial charge in [-0.05, 0) is 47.2 Å². The van der Waals surface area contributed by atoms with Gasteiger partial charge in [0.25, 0.3) is 5.56 Å². The number of aromatic nitrogens is 5. The van der Waals surface area contributed by atoms with Gasteiger partial charge in [0.05, 0.1) is 5.69 Å². The van der Waals surface area contributed by atoms with E-state index < -0.39 is 11.5 Å². The van der Waals surface area contributed by atoms with E-state index in [9.17, 15) is 9.59 Å². The van der Waals surface area contributed by atoms with Crippen molar-refractivity contribution in [3.8, 4) is 16.8 Å². The SMILES string of the molecule is Cc1cc(-c2cc(Cl)ccc2-n2cnnn2)cc(=O)n1CC(=O)O. The van der Waals surface area contributed by atoms with Gasteiger partial charge in [0.2, 0.25) is 0 Å². The second-order valence-electron chi connectivity index (χ2n) is 5.12. The third-order valence-corrected chi connectivity index (χ3v) is 3.73. The first kappa shape index (κ1) is 15.9. The van der Waals surface area contributed by atoms with Gasteiger partial charge in [-0.15, -0.1) is 5.10 Å². The van der Waals surface area contributed by atoms with E-state index in [1.165, 1.54) is 21.6 Å². The van der Waals surface area contributed by atoms with Gasteiger partial charge in [0.15, 0.2) is 0 Å². The molecule has 0 spiro atoms. The number of tetrazole rings is 1. The molecule has 0 saturated carbocycles. The number of carboxylic acids is 1. The zero-order valence-electron chi connectivity index (χ0n) is 12.5. The largest absolute Gasteiger partial charge is 0.480 e. The van der Waals surface area contributed by atoms with Gasteiger partial charge in [-0.3, -0.25) is 9.59 Å². The summed E-state index contributed by atoms with van der Waals surface area (Å²) >= 11 is 6.09. The van der Waals surface area contributed by atoms with Crippen molar-refractivity contribution in [2.24, 2.45) is 0 Å². The number of carbonyl (C=O) groups is 1. The van der Waals surface area contributed by atoms with Crippen LogP contribution in [0.15, 0.2) is 41.5 Å². The molecule has 9 heteroatoms. The molecule has 0 aliphatic heterocycles. The molecule has 122 valence electrons. The van der Waals surface area contributed by atoms with Crippen molar-refractivity contribution in [2.75, 3.05) is 0 Å². The number of carboxylic acid groups (broad SMARTS) is 1. The molecule has 1 aromatic carbocycles. The second-order valence-corrected chi connectivity index (χ2v) is 5.56. The fraction of sp³-hybridized carbons (Fsp3) is 0.133. The lowest BCUT2D eigenvalue weighted by Crippen LogP contribution is -2.25. The van der Waals surface area contributed by atoms with Crippen LogP contribution in [0.2, 0.25) is 5.02 Å². The molecule has 0 aliphatic carbocycles. The molecule has 24 heavy (non-hydrogen) atoms. The molecule has 0 radical (unpaired) electrons. The van der Waals surface area contributed by atoms with E-state index in [0.29, 0.717) is 27.5 Å². The average Bonchev–Trinajstić information content (AvgIpc) is 3.04. The normalized spacial score (nSPS) is 10.8. The van der Waals surface area contributed by atoms with Crippen LogP contribution < -0.4 is 5.56 Å². The smallest absolute Gasteiger partial charge is 0.323 e. The lowest BCUT2D eigenvalue weighted by atomic mass is 10.0. The molecule has 2 heterocycles. The van der Waals surface area contributed by atoms with E-state index in [1.807, 2.05) is 0 Å². The summed E-state index contributed by atoms with van der Waals surface area (Å²) in [5, 5.41) is 20.5. The summed E-state index contributed by atoms with van der Waals surface area (Å²) in [5.41, 5.74) is 2.04. The molecule has 0 amide bonds. The lowest BCUT2D eigenvalue weighted by Gasteiger charge is -2.13. The van der Waals surface area contributed by atoms with Gasteiger partial charge in [-0.25, -0.2) is 0 Å². The molecule has 0 bridgehead atoms. The van der Waals surface area contributed by atoms with E-state index in [-0.39, 0.29) is 6.54 Å². The van der Waals surface area contributed by atoms with Crippen molar-refractivity contribution < 1.29 is 9.90 Å². The highest BCUT2D eigenvalue weighted by Crippen LogP contribution is 2.29. The highest BCUT2D eigenvalue weighted by Gasteiger charge is 2.13. The summed E-state index contributed by atoms with van der Waals surface area (Å²) in [4.78, 5) is 23.2. The maximum atomic E-state index is 12.3. The maximum absolute atomic E-state index is 12.3. The number of rotatable bonds is 4. The fourth-order valence-corrected chi connectivity index (χ4v) is 2.61. The minimum Gasteiger partial charge on any atom is -0.480 e. The molecule has 8 nitrogen and oxygen atoms in total. The van der Waals surface area contributed by atoms with Crippen LogP contribution in [-0.2, 0) is 11.3 Å². The lowest BCUT2D eigenvalue weighted by molar-refractivity contribution is -0.137. The Balaban J connectivity index is 2.18. The quantitative estimate of drug-likeness (QED) is 0.769. The number of hydrogen-bond acceptors (Lipinski definition) is 5. The number of nitrogens with zero attached hydrogens (tertiary/aromatic N) is 5. The first-order valence-corrected chi connectivity index (χ1v) is 7.30. The van der Waals surface area contributed by atoms with Gasteiger partial charge < -0.3 is 9.67 Å². The standard InChI is InChI=1S/C15H12ClN5O3/c1-9-4-10(5-14(22)20(9)7-15(23)24)12-6-11(16)2-3-13(12)21-8-17-18-19-21/h2-6,8H,7H2,1H3,(H,23,24). The van der Waals surface area contributed by atoms with Crippen LogP contribution in [0.25, 0.3) is 16.8 Å². The fourth-order valence-electron chi connectivity index (χ4n) is 2.43. The topological polar surface area (TPSA) is 103 Å². The van der Waals surface area contributed by atoms with Gasteiger partial charge in [-0.1, -0.05) is 11.6 Å². The highest BCUT2D eigenvalue weighted by molar-refractivity contribution is 6.31. The van der Waals surface area contributed by atoms with Gasteiger partial charge in [-0.2, -0.15) is 4.68 Å². The van der Waals surface area contributed by atoms with Gasteiger partial charge >= 0.3 is 5.97 Å². The third kappa shape index (κ3) is 3.04. The number of aryl methyl sites for hydroxylation is 1. The Kier molecular flexibility index (Phi) is 4.13. The van der Waals surface area contributed by atoms with Gasteiger partial charge in [0.1, 0.15) is 12.9 Å². The van der Waals surface area contributed by atoms with Crippen LogP contribution in [0.5, 0.6) is 0 Å². The molecule has 3 aromatic rings. The Morgan fingerprint density at radius 2 is 2.08 bits per heavy atom.